The zero-order valence-electron chi connectivity index (χ0n) is 8.90. The summed E-state index contributed by atoms with van der Waals surface area (Å²) in [6.07, 6.45) is -6.31. The first-order valence-electron chi connectivity index (χ1n) is 4.60. The fourth-order valence-electron chi connectivity index (χ4n) is 1.41. The van der Waals surface area contributed by atoms with Crippen LogP contribution in [0, 0.1) is 0 Å². The van der Waals surface area contributed by atoms with E-state index in [0.717, 1.165) is 0 Å². The highest BCUT2D eigenvalue weighted by Gasteiger charge is 2.42. The molecule has 0 fully saturated rings. The molecule has 0 spiro atoms. The standard InChI is InChI=1S/C9H9F3N2O2.2ClH/c10-9(11,12)7-4-13-3-5-6(16-7)1-2-8(15)14-5;;/h1-2,7,13H,3-4H2,(H,14,15);2*1H/t7-;;/m1../s1. The Hall–Kier alpha value is -0.920. The maximum atomic E-state index is 12.5. The Morgan fingerprint density at radius 2 is 2.00 bits per heavy atom. The second-order valence-corrected chi connectivity index (χ2v) is 3.39. The first-order valence-corrected chi connectivity index (χ1v) is 4.60. The third-order valence-electron chi connectivity index (χ3n) is 2.17. The highest BCUT2D eigenvalue weighted by Crippen LogP contribution is 2.29. The van der Waals surface area contributed by atoms with Crippen LogP contribution in [-0.4, -0.2) is 28.9 Å². The number of aromatic hydroxyl groups is 1. The van der Waals surface area contributed by atoms with Crippen LogP contribution in [0.1, 0.15) is 5.69 Å². The molecule has 0 saturated carbocycles. The van der Waals surface area contributed by atoms with Crippen molar-refractivity contribution in [3.63, 3.8) is 0 Å². The lowest BCUT2D eigenvalue weighted by molar-refractivity contribution is -0.192. The van der Waals surface area contributed by atoms with E-state index in [1.807, 2.05) is 0 Å². The molecule has 2 heterocycles. The smallest absolute Gasteiger partial charge is 0.426 e. The van der Waals surface area contributed by atoms with Gasteiger partial charge in [0.25, 0.3) is 0 Å². The van der Waals surface area contributed by atoms with Crippen LogP contribution in [0.3, 0.4) is 0 Å². The molecule has 4 nitrogen and oxygen atoms in total. The second kappa shape index (κ2) is 6.31. The largest absolute Gasteiger partial charge is 0.493 e. The van der Waals surface area contributed by atoms with E-state index in [4.69, 9.17) is 9.84 Å². The lowest BCUT2D eigenvalue weighted by atomic mass is 10.3. The number of hydrogen-bond donors (Lipinski definition) is 2. The monoisotopic (exact) mass is 306 g/mol. The van der Waals surface area contributed by atoms with E-state index in [2.05, 4.69) is 10.3 Å². The van der Waals surface area contributed by atoms with Gasteiger partial charge in [-0.3, -0.25) is 0 Å². The van der Waals surface area contributed by atoms with Crippen LogP contribution in [0.25, 0.3) is 0 Å². The maximum Gasteiger partial charge on any atom is 0.426 e. The molecule has 104 valence electrons. The molecule has 1 aliphatic rings. The van der Waals surface area contributed by atoms with E-state index in [9.17, 15) is 13.2 Å². The Bertz CT molecular complexity index is 404. The van der Waals surface area contributed by atoms with Crippen molar-refractivity contribution in [2.45, 2.75) is 18.8 Å². The average Bonchev–Trinajstić information content (AvgIpc) is 2.38. The molecule has 9 heteroatoms. The van der Waals surface area contributed by atoms with Gasteiger partial charge < -0.3 is 15.2 Å². The van der Waals surface area contributed by atoms with E-state index >= 15 is 0 Å². The number of rotatable bonds is 0. The number of alkyl halides is 3. The topological polar surface area (TPSA) is 54.4 Å². The van der Waals surface area contributed by atoms with Gasteiger partial charge in [0.05, 0.1) is 0 Å². The van der Waals surface area contributed by atoms with Crippen LogP contribution >= 0.6 is 24.8 Å². The predicted molar refractivity (Wildman–Crippen MR) is 62.6 cm³/mol. The summed E-state index contributed by atoms with van der Waals surface area (Å²) in [6, 6.07) is 2.47. The highest BCUT2D eigenvalue weighted by molar-refractivity contribution is 5.85. The van der Waals surface area contributed by atoms with E-state index in [0.29, 0.717) is 0 Å². The summed E-state index contributed by atoms with van der Waals surface area (Å²) in [6.45, 7) is -0.197. The minimum Gasteiger partial charge on any atom is -0.493 e. The molecule has 1 aromatic heterocycles. The van der Waals surface area contributed by atoms with E-state index < -0.39 is 12.3 Å². The third-order valence-corrected chi connectivity index (χ3v) is 2.17. The Morgan fingerprint density at radius 1 is 1.33 bits per heavy atom. The Balaban J connectivity index is 0.00000144. The lowest BCUT2D eigenvalue weighted by Crippen LogP contribution is -2.41. The van der Waals surface area contributed by atoms with Crippen molar-refractivity contribution in [2.75, 3.05) is 6.54 Å². The molecular formula is C9H11Cl2F3N2O2. The number of pyridine rings is 1. The first-order chi connectivity index (χ1) is 7.47. The van der Waals surface area contributed by atoms with Gasteiger partial charge in [0.15, 0.2) is 0 Å². The molecule has 2 rings (SSSR count). The molecule has 18 heavy (non-hydrogen) atoms. The molecule has 1 aliphatic heterocycles. The van der Waals surface area contributed by atoms with Crippen LogP contribution < -0.4 is 10.1 Å². The third kappa shape index (κ3) is 3.79. The molecule has 1 aromatic rings. The van der Waals surface area contributed by atoms with Crippen molar-refractivity contribution in [2.24, 2.45) is 0 Å². The average molecular weight is 307 g/mol. The van der Waals surface area contributed by atoms with E-state index in [1.54, 1.807) is 0 Å². The predicted octanol–water partition coefficient (Wildman–Crippen LogP) is 2.04. The van der Waals surface area contributed by atoms with Gasteiger partial charge in [-0.25, -0.2) is 4.98 Å². The van der Waals surface area contributed by atoms with Crippen molar-refractivity contribution in [1.82, 2.24) is 10.3 Å². The molecular weight excluding hydrogens is 296 g/mol. The Labute approximate surface area is 113 Å². The van der Waals surface area contributed by atoms with Crippen LogP contribution in [0.5, 0.6) is 11.6 Å². The van der Waals surface area contributed by atoms with Gasteiger partial charge in [0.2, 0.25) is 12.0 Å². The summed E-state index contributed by atoms with van der Waals surface area (Å²) in [5.41, 5.74) is 0.270. The Kier molecular flexibility index (Phi) is 5.98. The number of aromatic nitrogens is 1. The van der Waals surface area contributed by atoms with Crippen molar-refractivity contribution >= 4 is 24.8 Å². The van der Waals surface area contributed by atoms with Crippen molar-refractivity contribution < 1.29 is 23.0 Å². The molecule has 0 amide bonds. The summed E-state index contributed by atoms with van der Waals surface area (Å²) in [5.74, 6) is -0.195. The highest BCUT2D eigenvalue weighted by atomic mass is 35.5. The van der Waals surface area contributed by atoms with Gasteiger partial charge in [-0.2, -0.15) is 13.2 Å². The summed E-state index contributed by atoms with van der Waals surface area (Å²) in [7, 11) is 0. The van der Waals surface area contributed by atoms with E-state index in [1.165, 1.54) is 12.1 Å². The van der Waals surface area contributed by atoms with Crippen molar-refractivity contribution in [3.8, 4) is 11.6 Å². The molecule has 0 radical (unpaired) electrons. The summed E-state index contributed by atoms with van der Waals surface area (Å²) in [4.78, 5) is 3.69. The van der Waals surface area contributed by atoms with E-state index in [-0.39, 0.29) is 55.2 Å². The summed E-state index contributed by atoms with van der Waals surface area (Å²) < 4.78 is 42.2. The number of nitrogens with one attached hydrogen (secondary N) is 1. The van der Waals surface area contributed by atoms with Crippen LogP contribution in [-0.2, 0) is 6.54 Å². The molecule has 0 unspecified atom stereocenters. The minimum absolute atomic E-state index is 0. The number of fused-ring (bicyclic) bond motifs is 1. The van der Waals surface area contributed by atoms with Gasteiger partial charge >= 0.3 is 6.18 Å². The summed E-state index contributed by atoms with van der Waals surface area (Å²) in [5, 5.41) is 11.7. The molecule has 0 bridgehead atoms. The molecule has 0 aliphatic carbocycles. The fourth-order valence-corrected chi connectivity index (χ4v) is 1.41. The van der Waals surface area contributed by atoms with Crippen LogP contribution in [0.15, 0.2) is 12.1 Å². The van der Waals surface area contributed by atoms with Crippen molar-refractivity contribution in [3.05, 3.63) is 17.8 Å². The van der Waals surface area contributed by atoms with Gasteiger partial charge in [0, 0.05) is 19.2 Å². The lowest BCUT2D eigenvalue weighted by Gasteiger charge is -2.19. The molecule has 1 atom stereocenters. The van der Waals surface area contributed by atoms with Gasteiger partial charge in [0.1, 0.15) is 11.4 Å². The zero-order chi connectivity index (χ0) is 11.8. The SMILES string of the molecule is Cl.Cl.Oc1ccc2c(n1)CNC[C@H](C(F)(F)F)O2. The molecule has 0 saturated heterocycles. The normalized spacial score (nSPS) is 18.5. The number of ether oxygens (including phenoxy) is 1. The molecule has 2 N–H and O–H groups in total. The second-order valence-electron chi connectivity index (χ2n) is 3.39. The van der Waals surface area contributed by atoms with Gasteiger partial charge in [-0.15, -0.1) is 24.8 Å². The number of nitrogens with zero attached hydrogens (tertiary/aromatic N) is 1. The number of halogens is 5. The number of hydrogen-bond acceptors (Lipinski definition) is 4. The fraction of sp³-hybridized carbons (Fsp3) is 0.444. The van der Waals surface area contributed by atoms with Crippen molar-refractivity contribution in [1.29, 1.82) is 0 Å². The van der Waals surface area contributed by atoms with Gasteiger partial charge in [-0.05, 0) is 6.07 Å². The van der Waals surface area contributed by atoms with Crippen LogP contribution in [0.2, 0.25) is 0 Å². The maximum absolute atomic E-state index is 12.5. The minimum atomic E-state index is -4.42. The van der Waals surface area contributed by atoms with Crippen LogP contribution in [0.4, 0.5) is 13.2 Å². The quantitative estimate of drug-likeness (QED) is 0.770. The Morgan fingerprint density at radius 3 is 2.61 bits per heavy atom. The summed E-state index contributed by atoms with van der Waals surface area (Å²) >= 11 is 0. The first kappa shape index (κ1) is 17.1. The molecule has 0 aromatic carbocycles. The zero-order valence-corrected chi connectivity index (χ0v) is 10.5. The van der Waals surface area contributed by atoms with Gasteiger partial charge in [-0.1, -0.05) is 0 Å².